The summed E-state index contributed by atoms with van der Waals surface area (Å²) in [5.74, 6) is -0.695. The molecule has 3 aromatic rings. The van der Waals surface area contributed by atoms with Crippen LogP contribution in [0.15, 0.2) is 65.1 Å². The molecule has 29 heavy (non-hydrogen) atoms. The van der Waals surface area contributed by atoms with Crippen molar-refractivity contribution in [2.45, 2.75) is 10.8 Å². The van der Waals surface area contributed by atoms with Crippen molar-refractivity contribution in [2.75, 3.05) is 14.1 Å². The van der Waals surface area contributed by atoms with E-state index >= 15 is 0 Å². The predicted octanol–water partition coefficient (Wildman–Crippen LogP) is 3.03. The molecule has 0 bridgehead atoms. The van der Waals surface area contributed by atoms with Crippen molar-refractivity contribution >= 4 is 33.3 Å². The average molecular weight is 432 g/mol. The fraction of sp³-hybridized carbons (Fsp3) is 0.150. The van der Waals surface area contributed by atoms with Crippen LogP contribution in [0.3, 0.4) is 0 Å². The third-order valence-corrected chi connectivity index (χ3v) is 7.33. The Bertz CT molecular complexity index is 1140. The van der Waals surface area contributed by atoms with Gasteiger partial charge in [0.2, 0.25) is 0 Å². The minimum absolute atomic E-state index is 0.228. The van der Waals surface area contributed by atoms with Crippen molar-refractivity contribution in [3.05, 3.63) is 72.1 Å². The van der Waals surface area contributed by atoms with Crippen LogP contribution in [0.4, 0.5) is 0 Å². The van der Waals surface area contributed by atoms with Gasteiger partial charge in [0.25, 0.3) is 15.9 Å². The second-order valence-electron chi connectivity index (χ2n) is 6.60. The first-order valence-corrected chi connectivity index (χ1v) is 11.0. The lowest BCUT2D eigenvalue weighted by Crippen LogP contribution is -2.14. The number of aromatic nitrogens is 1. The highest BCUT2D eigenvalue weighted by atomic mass is 32.2. The molecule has 2 heterocycles. The Balaban J connectivity index is 1.90. The molecule has 0 radical (unpaired) electrons. The molecule has 1 aromatic carbocycles. The van der Waals surface area contributed by atoms with E-state index in [-0.39, 0.29) is 4.21 Å². The minimum atomic E-state index is -3.74. The molecule has 0 aliphatic carbocycles. The predicted molar refractivity (Wildman–Crippen MR) is 113 cm³/mol. The molecule has 0 aliphatic rings. The minimum Gasteiger partial charge on any atom is -0.305 e. The molecule has 3 rings (SSSR count). The largest absolute Gasteiger partial charge is 0.305 e. The van der Waals surface area contributed by atoms with Gasteiger partial charge in [0.05, 0.1) is 0 Å². The first-order chi connectivity index (χ1) is 13.8. The van der Waals surface area contributed by atoms with Crippen LogP contribution in [0.5, 0.6) is 0 Å². The highest BCUT2D eigenvalue weighted by molar-refractivity contribution is 7.92. The van der Waals surface area contributed by atoms with Crippen LogP contribution in [0.1, 0.15) is 11.1 Å². The maximum Gasteiger partial charge on any atom is 0.277 e. The number of benzene rings is 1. The molecule has 0 atom stereocenters. The Labute approximate surface area is 173 Å². The standard InChI is InChI=1S/C20H21N3O4S2/c1-22(2)14-16-5-3-4-6-17(16)18-8-10-20(28-18)29(26,27)23-12-11-15(13-23)7-9-19(24)21-25/h3-13,25H,14H2,1-2H3,(H,21,24)/b9-7+. The Kier molecular flexibility index (Phi) is 6.33. The van der Waals surface area contributed by atoms with Crippen molar-refractivity contribution in [3.63, 3.8) is 0 Å². The van der Waals surface area contributed by atoms with Gasteiger partial charge in [0, 0.05) is 29.9 Å². The highest BCUT2D eigenvalue weighted by Crippen LogP contribution is 2.34. The number of rotatable bonds is 7. The second kappa shape index (κ2) is 8.75. The molecule has 0 saturated carbocycles. The van der Waals surface area contributed by atoms with Gasteiger partial charge < -0.3 is 4.90 Å². The number of hydrogen-bond donors (Lipinski definition) is 2. The summed E-state index contributed by atoms with van der Waals surface area (Å²) in [6, 6.07) is 12.9. The van der Waals surface area contributed by atoms with Crippen LogP contribution < -0.4 is 5.48 Å². The summed E-state index contributed by atoms with van der Waals surface area (Å²) in [6.07, 6.45) is 5.35. The van der Waals surface area contributed by atoms with Gasteiger partial charge in [-0.2, -0.15) is 8.42 Å². The van der Waals surface area contributed by atoms with Crippen LogP contribution in [0.25, 0.3) is 16.5 Å². The number of nitrogens with one attached hydrogen (secondary N) is 1. The zero-order valence-corrected chi connectivity index (χ0v) is 17.6. The molecule has 1 amide bonds. The molecule has 152 valence electrons. The lowest BCUT2D eigenvalue weighted by atomic mass is 10.1. The normalized spacial score (nSPS) is 12.0. The van der Waals surface area contributed by atoms with E-state index in [9.17, 15) is 13.2 Å². The fourth-order valence-electron chi connectivity index (χ4n) is 2.80. The summed E-state index contributed by atoms with van der Waals surface area (Å²) in [5.41, 5.74) is 4.14. The Hall–Kier alpha value is -2.72. The lowest BCUT2D eigenvalue weighted by molar-refractivity contribution is -0.124. The van der Waals surface area contributed by atoms with E-state index in [1.807, 2.05) is 44.4 Å². The number of carbonyl (C=O) groups excluding carboxylic acids is 1. The zero-order chi connectivity index (χ0) is 21.0. The quantitative estimate of drug-likeness (QED) is 0.341. The molecular formula is C20H21N3O4S2. The topological polar surface area (TPSA) is 91.6 Å². The number of hydrogen-bond acceptors (Lipinski definition) is 6. The van der Waals surface area contributed by atoms with Gasteiger partial charge in [-0.1, -0.05) is 24.3 Å². The van der Waals surface area contributed by atoms with Crippen LogP contribution in [-0.4, -0.2) is 42.5 Å². The van der Waals surface area contributed by atoms with E-state index in [4.69, 9.17) is 5.21 Å². The highest BCUT2D eigenvalue weighted by Gasteiger charge is 2.20. The lowest BCUT2D eigenvalue weighted by Gasteiger charge is -2.13. The molecule has 2 aromatic heterocycles. The third-order valence-electron chi connectivity index (χ3n) is 4.11. The summed E-state index contributed by atoms with van der Waals surface area (Å²) in [6.45, 7) is 0.755. The van der Waals surface area contributed by atoms with E-state index in [0.29, 0.717) is 5.56 Å². The summed E-state index contributed by atoms with van der Waals surface area (Å²) < 4.78 is 27.3. The van der Waals surface area contributed by atoms with Gasteiger partial charge in [-0.25, -0.2) is 9.45 Å². The molecule has 0 spiro atoms. The van der Waals surface area contributed by atoms with Crippen molar-refractivity contribution in [1.82, 2.24) is 14.4 Å². The first kappa shape index (κ1) is 21.0. The SMILES string of the molecule is CN(C)Cc1ccccc1-c1ccc(S(=O)(=O)n2ccc(/C=C/C(=O)NO)c2)s1. The van der Waals surface area contributed by atoms with Crippen LogP contribution >= 0.6 is 11.3 Å². The van der Waals surface area contributed by atoms with Crippen molar-refractivity contribution in [2.24, 2.45) is 0 Å². The molecule has 9 heteroatoms. The van der Waals surface area contributed by atoms with E-state index in [1.165, 1.54) is 35.3 Å². The monoisotopic (exact) mass is 431 g/mol. The van der Waals surface area contributed by atoms with Crippen molar-refractivity contribution in [1.29, 1.82) is 0 Å². The Morgan fingerprint density at radius 2 is 1.97 bits per heavy atom. The van der Waals surface area contributed by atoms with E-state index in [1.54, 1.807) is 12.1 Å². The van der Waals surface area contributed by atoms with Crippen LogP contribution in [0, 0.1) is 0 Å². The van der Waals surface area contributed by atoms with Gasteiger partial charge in [0.15, 0.2) is 0 Å². The number of thiophene rings is 1. The van der Waals surface area contributed by atoms with Crippen molar-refractivity contribution in [3.8, 4) is 10.4 Å². The van der Waals surface area contributed by atoms with Gasteiger partial charge >= 0.3 is 0 Å². The second-order valence-corrected chi connectivity index (χ2v) is 9.76. The summed E-state index contributed by atoms with van der Waals surface area (Å²) in [7, 11) is 0.234. The first-order valence-electron chi connectivity index (χ1n) is 8.70. The van der Waals surface area contributed by atoms with Gasteiger partial charge in [-0.3, -0.25) is 10.0 Å². The average Bonchev–Trinajstić information content (AvgIpc) is 3.36. The molecule has 0 saturated heterocycles. The van der Waals surface area contributed by atoms with E-state index in [0.717, 1.165) is 32.6 Å². The molecular weight excluding hydrogens is 410 g/mol. The maximum atomic E-state index is 13.0. The summed E-state index contributed by atoms with van der Waals surface area (Å²) in [4.78, 5) is 14.0. The zero-order valence-electron chi connectivity index (χ0n) is 15.9. The van der Waals surface area contributed by atoms with Gasteiger partial charge in [-0.05, 0) is 55.1 Å². The number of carbonyl (C=O) groups is 1. The Morgan fingerprint density at radius 3 is 2.69 bits per heavy atom. The van der Waals surface area contributed by atoms with Gasteiger partial charge in [-0.15, -0.1) is 11.3 Å². The maximum absolute atomic E-state index is 13.0. The molecule has 0 aliphatic heterocycles. The Morgan fingerprint density at radius 1 is 1.21 bits per heavy atom. The molecule has 7 nitrogen and oxygen atoms in total. The fourth-order valence-corrected chi connectivity index (χ4v) is 5.47. The van der Waals surface area contributed by atoms with Crippen LogP contribution in [-0.2, 0) is 21.4 Å². The molecule has 0 unspecified atom stereocenters. The smallest absolute Gasteiger partial charge is 0.277 e. The number of nitrogens with zero attached hydrogens (tertiary/aromatic N) is 2. The van der Waals surface area contributed by atoms with Gasteiger partial charge in [0.1, 0.15) is 4.21 Å². The molecule has 2 N–H and O–H groups in total. The van der Waals surface area contributed by atoms with E-state index in [2.05, 4.69) is 4.90 Å². The summed E-state index contributed by atoms with van der Waals surface area (Å²) >= 11 is 1.22. The summed E-state index contributed by atoms with van der Waals surface area (Å²) in [5, 5.41) is 8.51. The molecule has 0 fully saturated rings. The number of amides is 1. The number of hydroxylamine groups is 1. The van der Waals surface area contributed by atoms with Crippen LogP contribution in [0.2, 0.25) is 0 Å². The van der Waals surface area contributed by atoms with Crippen molar-refractivity contribution < 1.29 is 18.4 Å². The van der Waals surface area contributed by atoms with E-state index < -0.39 is 15.9 Å². The third kappa shape index (κ3) is 4.83.